The number of aromatic nitrogens is 4. The molecular weight excluding hydrogens is 300 g/mol. The highest BCUT2D eigenvalue weighted by atomic mass is 32.1. The highest BCUT2D eigenvalue weighted by molar-refractivity contribution is 7.80. The predicted molar refractivity (Wildman–Crippen MR) is 75.2 cm³/mol. The molecule has 0 bridgehead atoms. The van der Waals surface area contributed by atoms with Gasteiger partial charge in [0.05, 0.1) is 6.54 Å². The zero-order valence-corrected chi connectivity index (χ0v) is 12.1. The summed E-state index contributed by atoms with van der Waals surface area (Å²) < 4.78 is 2.84. The third-order valence-corrected chi connectivity index (χ3v) is 3.41. The monoisotopic (exact) mass is 312 g/mol. The summed E-state index contributed by atoms with van der Waals surface area (Å²) in [5.74, 6) is 0.141. The normalized spacial score (nSPS) is 12.3. The van der Waals surface area contributed by atoms with Crippen LogP contribution in [0.1, 0.15) is 23.8 Å². The fourth-order valence-corrected chi connectivity index (χ4v) is 2.44. The minimum atomic E-state index is -0.711. The number of imidazole rings is 2. The lowest BCUT2D eigenvalue weighted by Gasteiger charge is -2.06. The van der Waals surface area contributed by atoms with E-state index in [0.717, 1.165) is 6.20 Å². The van der Waals surface area contributed by atoms with Gasteiger partial charge in [0.1, 0.15) is 12.4 Å². The van der Waals surface area contributed by atoms with Gasteiger partial charge in [0.25, 0.3) is 0 Å². The summed E-state index contributed by atoms with van der Waals surface area (Å²) in [6.45, 7) is 2.06. The van der Waals surface area contributed by atoms with E-state index in [-0.39, 0.29) is 11.6 Å². The van der Waals surface area contributed by atoms with Crippen molar-refractivity contribution in [1.82, 2.24) is 19.1 Å². The van der Waals surface area contributed by atoms with Crippen molar-refractivity contribution in [2.45, 2.75) is 18.7 Å². The summed E-state index contributed by atoms with van der Waals surface area (Å²) in [6.07, 6.45) is 2.39. The number of hydrogen-bond acceptors (Lipinski definition) is 7. The first kappa shape index (κ1) is 15.0. The van der Waals surface area contributed by atoms with Crippen molar-refractivity contribution in [2.75, 3.05) is 0 Å². The molecule has 0 radical (unpaired) electrons. The Labute approximate surface area is 124 Å². The lowest BCUT2D eigenvalue weighted by molar-refractivity contribution is -0.392. The molecule has 0 amide bonds. The molecule has 0 aliphatic heterocycles. The van der Waals surface area contributed by atoms with E-state index in [9.17, 15) is 20.2 Å². The number of thiol groups is 1. The molecule has 11 heteroatoms. The summed E-state index contributed by atoms with van der Waals surface area (Å²) in [7, 11) is 1.59. The molecule has 2 heterocycles. The Morgan fingerprint density at radius 2 is 2.00 bits per heavy atom. The van der Waals surface area contributed by atoms with Gasteiger partial charge in [-0.05, 0) is 21.8 Å². The van der Waals surface area contributed by atoms with Crippen LogP contribution in [0.15, 0.2) is 12.4 Å². The Bertz CT molecular complexity index is 708. The van der Waals surface area contributed by atoms with Crippen LogP contribution in [0.4, 0.5) is 11.6 Å². The van der Waals surface area contributed by atoms with E-state index < -0.39 is 15.1 Å². The van der Waals surface area contributed by atoms with E-state index >= 15 is 0 Å². The molecule has 0 aromatic carbocycles. The zero-order chi connectivity index (χ0) is 15.7. The molecule has 0 saturated heterocycles. The van der Waals surface area contributed by atoms with Gasteiger partial charge >= 0.3 is 11.6 Å². The maximum Gasteiger partial charge on any atom is 0.381 e. The summed E-state index contributed by atoms with van der Waals surface area (Å²) in [4.78, 5) is 28.4. The van der Waals surface area contributed by atoms with Gasteiger partial charge in [-0.3, -0.25) is 0 Å². The van der Waals surface area contributed by atoms with Gasteiger partial charge in [-0.2, -0.15) is 12.6 Å². The molecule has 0 N–H and O–H groups in total. The molecule has 0 fully saturated rings. The Morgan fingerprint density at radius 1 is 1.33 bits per heavy atom. The second-order valence-electron chi connectivity index (χ2n) is 4.20. The topological polar surface area (TPSA) is 122 Å². The van der Waals surface area contributed by atoms with Crippen molar-refractivity contribution in [3.05, 3.63) is 44.3 Å². The standard InChI is InChI=1S/C10H12N6O4S/c1-3-14-7(16(19)20)4-11-9(14)8(21)10-12-6(15(17)18)5-13(10)2/h4-5,8,21H,3H2,1-2H3. The van der Waals surface area contributed by atoms with E-state index in [1.807, 2.05) is 0 Å². The van der Waals surface area contributed by atoms with E-state index in [2.05, 4.69) is 22.6 Å². The van der Waals surface area contributed by atoms with Gasteiger partial charge in [0.2, 0.25) is 11.6 Å². The first-order valence-corrected chi connectivity index (χ1v) is 6.44. The maximum absolute atomic E-state index is 10.9. The molecule has 0 aliphatic carbocycles. The molecular formula is C10H12N6O4S. The smallest absolute Gasteiger partial charge is 0.358 e. The SMILES string of the molecule is CCn1c([N+](=O)[O-])cnc1C(S)c1nc([N+](=O)[O-])cn1C. The highest BCUT2D eigenvalue weighted by Gasteiger charge is 2.31. The van der Waals surface area contributed by atoms with Crippen LogP contribution >= 0.6 is 12.6 Å². The van der Waals surface area contributed by atoms with Crippen molar-refractivity contribution >= 4 is 24.3 Å². The molecule has 2 aromatic heterocycles. The van der Waals surface area contributed by atoms with E-state index in [1.165, 1.54) is 15.3 Å². The Kier molecular flexibility index (Phi) is 3.93. The highest BCUT2D eigenvalue weighted by Crippen LogP contribution is 2.30. The van der Waals surface area contributed by atoms with Crippen LogP contribution in [-0.4, -0.2) is 28.9 Å². The number of nitrogens with zero attached hydrogens (tertiary/aromatic N) is 6. The van der Waals surface area contributed by atoms with Crippen LogP contribution < -0.4 is 0 Å². The molecule has 2 aromatic rings. The van der Waals surface area contributed by atoms with Crippen LogP contribution in [0.2, 0.25) is 0 Å². The number of rotatable bonds is 5. The van der Waals surface area contributed by atoms with E-state index in [4.69, 9.17) is 0 Å². The van der Waals surface area contributed by atoms with Gasteiger partial charge in [-0.25, -0.2) is 9.55 Å². The summed E-state index contributed by atoms with van der Waals surface area (Å²) in [5, 5.41) is 20.9. The van der Waals surface area contributed by atoms with Crippen LogP contribution in [0, 0.1) is 20.2 Å². The third kappa shape index (κ3) is 2.59. The summed E-state index contributed by atoms with van der Waals surface area (Å²) in [5.41, 5.74) is 0. The second-order valence-corrected chi connectivity index (χ2v) is 4.72. The predicted octanol–water partition coefficient (Wildman–Crippen LogP) is 1.47. The van der Waals surface area contributed by atoms with Crippen molar-refractivity contribution in [2.24, 2.45) is 7.05 Å². The largest absolute Gasteiger partial charge is 0.381 e. The molecule has 0 aliphatic rings. The molecule has 1 atom stereocenters. The summed E-state index contributed by atoms with van der Waals surface area (Å²) >= 11 is 4.35. The minimum absolute atomic E-state index is 0.157. The lowest BCUT2D eigenvalue weighted by Crippen LogP contribution is -2.11. The van der Waals surface area contributed by atoms with Gasteiger partial charge < -0.3 is 24.8 Å². The van der Waals surface area contributed by atoms with E-state index in [1.54, 1.807) is 14.0 Å². The molecule has 0 saturated carbocycles. The molecule has 1 unspecified atom stereocenters. The first-order chi connectivity index (χ1) is 9.86. The molecule has 112 valence electrons. The fraction of sp³-hybridized carbons (Fsp3) is 0.400. The average molecular weight is 312 g/mol. The zero-order valence-electron chi connectivity index (χ0n) is 11.2. The van der Waals surface area contributed by atoms with Crippen LogP contribution in [0.3, 0.4) is 0 Å². The van der Waals surface area contributed by atoms with Crippen molar-refractivity contribution < 1.29 is 9.85 Å². The molecule has 10 nitrogen and oxygen atoms in total. The fourth-order valence-electron chi connectivity index (χ4n) is 1.99. The van der Waals surface area contributed by atoms with Gasteiger partial charge in [-0.15, -0.1) is 0 Å². The van der Waals surface area contributed by atoms with Crippen molar-refractivity contribution in [1.29, 1.82) is 0 Å². The molecule has 21 heavy (non-hydrogen) atoms. The van der Waals surface area contributed by atoms with Crippen LogP contribution in [0.5, 0.6) is 0 Å². The van der Waals surface area contributed by atoms with Gasteiger partial charge in [0.15, 0.2) is 5.25 Å². The van der Waals surface area contributed by atoms with Crippen molar-refractivity contribution in [3.63, 3.8) is 0 Å². The third-order valence-electron chi connectivity index (χ3n) is 2.94. The molecule has 2 rings (SSSR count). The summed E-state index contributed by atoms with van der Waals surface area (Å²) in [6, 6.07) is 0. The van der Waals surface area contributed by atoms with Crippen LogP contribution in [-0.2, 0) is 13.6 Å². The minimum Gasteiger partial charge on any atom is -0.358 e. The number of hydrogen-bond donors (Lipinski definition) is 1. The number of nitro groups is 2. The van der Waals surface area contributed by atoms with Crippen LogP contribution in [0.25, 0.3) is 0 Å². The Morgan fingerprint density at radius 3 is 2.48 bits per heavy atom. The van der Waals surface area contributed by atoms with Gasteiger partial charge in [-0.1, -0.05) is 0 Å². The lowest BCUT2D eigenvalue weighted by atomic mass is 10.3. The average Bonchev–Trinajstić information content (AvgIpc) is 3.01. The molecule has 0 spiro atoms. The second kappa shape index (κ2) is 5.52. The maximum atomic E-state index is 10.9. The van der Waals surface area contributed by atoms with Crippen molar-refractivity contribution in [3.8, 4) is 0 Å². The quantitative estimate of drug-likeness (QED) is 0.507. The first-order valence-electron chi connectivity index (χ1n) is 5.92. The number of aryl methyl sites for hydroxylation is 1. The Hall–Kier alpha value is -2.43. The van der Waals surface area contributed by atoms with E-state index in [0.29, 0.717) is 18.2 Å². The van der Waals surface area contributed by atoms with Gasteiger partial charge in [0, 0.05) is 7.05 Å². The Balaban J connectivity index is 2.47.